The minimum atomic E-state index is -4.37. The van der Waals surface area contributed by atoms with Crippen LogP contribution < -0.4 is 0 Å². The maximum atomic E-state index is 12.9. The Kier molecular flexibility index (Phi) is 4.03. The summed E-state index contributed by atoms with van der Waals surface area (Å²) < 4.78 is 44.4. The van der Waals surface area contributed by atoms with E-state index in [1.165, 1.54) is 12.1 Å². The number of ether oxygens (including phenoxy) is 1. The van der Waals surface area contributed by atoms with Crippen molar-refractivity contribution in [2.24, 2.45) is 0 Å². The Balaban J connectivity index is 2.46. The summed E-state index contributed by atoms with van der Waals surface area (Å²) in [7, 11) is 0. The topological polar surface area (TPSA) is 33.0 Å². The highest BCUT2D eigenvalue weighted by atomic mass is 19.4. The van der Waals surface area contributed by atoms with E-state index >= 15 is 0 Å². The van der Waals surface area contributed by atoms with Gasteiger partial charge in [-0.15, -0.1) is 0 Å². The molecule has 1 aromatic rings. The third-order valence-corrected chi connectivity index (χ3v) is 4.06. The van der Waals surface area contributed by atoms with Crippen molar-refractivity contribution in [1.29, 1.82) is 5.26 Å². The Hall–Kier alpha value is -1.54. The van der Waals surface area contributed by atoms with Crippen molar-refractivity contribution in [1.82, 2.24) is 0 Å². The van der Waals surface area contributed by atoms with Crippen molar-refractivity contribution < 1.29 is 17.9 Å². The zero-order valence-corrected chi connectivity index (χ0v) is 12.1. The highest BCUT2D eigenvalue weighted by Gasteiger charge is 2.43. The van der Waals surface area contributed by atoms with Crippen LogP contribution in [0.15, 0.2) is 24.3 Å². The Morgan fingerprint density at radius 3 is 2.62 bits per heavy atom. The molecule has 0 amide bonds. The van der Waals surface area contributed by atoms with E-state index in [9.17, 15) is 13.2 Å². The van der Waals surface area contributed by atoms with Crippen molar-refractivity contribution >= 4 is 0 Å². The lowest BCUT2D eigenvalue weighted by Gasteiger charge is -2.44. The van der Waals surface area contributed by atoms with Gasteiger partial charge in [-0.1, -0.05) is 18.2 Å². The lowest BCUT2D eigenvalue weighted by atomic mass is 9.67. The third kappa shape index (κ3) is 3.38. The van der Waals surface area contributed by atoms with Gasteiger partial charge in [0, 0.05) is 18.4 Å². The Labute approximate surface area is 122 Å². The van der Waals surface area contributed by atoms with Gasteiger partial charge in [-0.25, -0.2) is 0 Å². The molecule has 2 nitrogen and oxygen atoms in total. The standard InChI is InChI=1S/C16H18F3NO/c1-14(2)11-15(6-8-20,7-9-21-14)12-4-3-5-13(10-12)16(17,18)19/h3-5,10H,6-7,9,11H2,1-2H3. The minimum Gasteiger partial charge on any atom is -0.376 e. The van der Waals surface area contributed by atoms with E-state index in [-0.39, 0.29) is 6.42 Å². The molecule has 1 atom stereocenters. The molecule has 1 fully saturated rings. The van der Waals surface area contributed by atoms with Gasteiger partial charge in [-0.3, -0.25) is 0 Å². The number of hydrogen-bond acceptors (Lipinski definition) is 2. The van der Waals surface area contributed by atoms with E-state index in [0.29, 0.717) is 25.0 Å². The first-order chi connectivity index (χ1) is 9.69. The van der Waals surface area contributed by atoms with Crippen molar-refractivity contribution in [3.05, 3.63) is 35.4 Å². The summed E-state index contributed by atoms with van der Waals surface area (Å²) in [5.74, 6) is 0. The fourth-order valence-corrected chi connectivity index (χ4v) is 3.15. The first-order valence-electron chi connectivity index (χ1n) is 6.87. The van der Waals surface area contributed by atoms with Gasteiger partial charge < -0.3 is 4.74 Å². The maximum absolute atomic E-state index is 12.9. The highest BCUT2D eigenvalue weighted by Crippen LogP contribution is 2.45. The van der Waals surface area contributed by atoms with Gasteiger partial charge in [0.2, 0.25) is 0 Å². The van der Waals surface area contributed by atoms with E-state index in [0.717, 1.165) is 6.07 Å². The number of hydrogen-bond donors (Lipinski definition) is 0. The van der Waals surface area contributed by atoms with E-state index in [1.54, 1.807) is 6.07 Å². The molecule has 0 radical (unpaired) electrons. The van der Waals surface area contributed by atoms with Crippen LogP contribution in [0.1, 0.15) is 44.2 Å². The number of halogens is 3. The molecule has 2 rings (SSSR count). The van der Waals surface area contributed by atoms with E-state index in [2.05, 4.69) is 6.07 Å². The van der Waals surface area contributed by atoms with Crippen LogP contribution in [0, 0.1) is 11.3 Å². The van der Waals surface area contributed by atoms with Gasteiger partial charge in [-0.05, 0) is 38.3 Å². The summed E-state index contributed by atoms with van der Waals surface area (Å²) in [5.41, 5.74) is -1.10. The molecule has 0 N–H and O–H groups in total. The average molecular weight is 297 g/mol. The largest absolute Gasteiger partial charge is 0.416 e. The number of nitriles is 1. The summed E-state index contributed by atoms with van der Waals surface area (Å²) in [6.07, 6.45) is -3.08. The number of rotatable bonds is 2. The predicted octanol–water partition coefficient (Wildman–Crippen LogP) is 4.45. The van der Waals surface area contributed by atoms with Gasteiger partial charge >= 0.3 is 6.18 Å². The molecular formula is C16H18F3NO. The Bertz CT molecular complexity index is 559. The lowest BCUT2D eigenvalue weighted by molar-refractivity contribution is -0.137. The molecule has 1 aliphatic rings. The van der Waals surface area contributed by atoms with Crippen LogP contribution in [0.3, 0.4) is 0 Å². The molecule has 114 valence electrons. The molecule has 0 spiro atoms. The van der Waals surface area contributed by atoms with Crippen LogP contribution in [0.5, 0.6) is 0 Å². The first-order valence-corrected chi connectivity index (χ1v) is 6.87. The van der Waals surface area contributed by atoms with Crippen molar-refractivity contribution in [3.63, 3.8) is 0 Å². The number of nitrogens with zero attached hydrogens (tertiary/aromatic N) is 1. The summed E-state index contributed by atoms with van der Waals surface area (Å²) in [4.78, 5) is 0. The predicted molar refractivity (Wildman–Crippen MR) is 72.6 cm³/mol. The highest BCUT2D eigenvalue weighted by molar-refractivity contribution is 5.33. The summed E-state index contributed by atoms with van der Waals surface area (Å²) in [5, 5.41) is 9.13. The second-order valence-corrected chi connectivity index (χ2v) is 6.23. The summed E-state index contributed by atoms with van der Waals surface area (Å²) in [6.45, 7) is 4.27. The zero-order valence-electron chi connectivity index (χ0n) is 12.1. The molecule has 1 unspecified atom stereocenters. The minimum absolute atomic E-state index is 0.196. The second-order valence-electron chi connectivity index (χ2n) is 6.23. The van der Waals surface area contributed by atoms with Gasteiger partial charge in [-0.2, -0.15) is 18.4 Å². The summed E-state index contributed by atoms with van der Waals surface area (Å²) in [6, 6.07) is 7.48. The SMILES string of the molecule is CC1(C)CC(CC#N)(c2cccc(C(F)(F)F)c2)CCO1. The molecule has 0 aromatic heterocycles. The van der Waals surface area contributed by atoms with E-state index in [1.807, 2.05) is 13.8 Å². The molecule has 1 aromatic carbocycles. The van der Waals surface area contributed by atoms with Crippen LogP contribution in [-0.4, -0.2) is 12.2 Å². The quantitative estimate of drug-likeness (QED) is 0.808. The molecule has 21 heavy (non-hydrogen) atoms. The molecule has 0 saturated carbocycles. The number of benzene rings is 1. The van der Waals surface area contributed by atoms with Crippen molar-refractivity contribution in [2.45, 2.75) is 50.3 Å². The smallest absolute Gasteiger partial charge is 0.376 e. The molecular weight excluding hydrogens is 279 g/mol. The molecule has 1 heterocycles. The van der Waals surface area contributed by atoms with E-state index in [4.69, 9.17) is 10.00 Å². The van der Waals surface area contributed by atoms with Gasteiger partial charge in [0.25, 0.3) is 0 Å². The third-order valence-electron chi connectivity index (χ3n) is 4.06. The molecule has 1 saturated heterocycles. The van der Waals surface area contributed by atoms with Crippen LogP contribution in [-0.2, 0) is 16.3 Å². The monoisotopic (exact) mass is 297 g/mol. The van der Waals surface area contributed by atoms with Crippen LogP contribution >= 0.6 is 0 Å². The first kappa shape index (κ1) is 15.8. The van der Waals surface area contributed by atoms with E-state index < -0.39 is 22.8 Å². The fraction of sp³-hybridized carbons (Fsp3) is 0.562. The molecule has 5 heteroatoms. The lowest BCUT2D eigenvalue weighted by Crippen LogP contribution is -2.44. The average Bonchev–Trinajstić information content (AvgIpc) is 2.37. The zero-order chi connectivity index (χ0) is 15.7. The van der Waals surface area contributed by atoms with Crippen LogP contribution in [0.25, 0.3) is 0 Å². The van der Waals surface area contributed by atoms with Crippen molar-refractivity contribution in [3.8, 4) is 6.07 Å². The van der Waals surface area contributed by atoms with Gasteiger partial charge in [0.05, 0.1) is 17.2 Å². The Morgan fingerprint density at radius 2 is 2.05 bits per heavy atom. The van der Waals surface area contributed by atoms with Gasteiger partial charge in [0.1, 0.15) is 0 Å². The maximum Gasteiger partial charge on any atom is 0.416 e. The summed E-state index contributed by atoms with van der Waals surface area (Å²) >= 11 is 0. The number of alkyl halides is 3. The van der Waals surface area contributed by atoms with Crippen LogP contribution in [0.4, 0.5) is 13.2 Å². The van der Waals surface area contributed by atoms with Crippen molar-refractivity contribution in [2.75, 3.05) is 6.61 Å². The molecule has 0 aliphatic carbocycles. The van der Waals surface area contributed by atoms with Gasteiger partial charge in [0.15, 0.2) is 0 Å². The Morgan fingerprint density at radius 1 is 1.33 bits per heavy atom. The second kappa shape index (κ2) is 5.34. The molecule has 0 bridgehead atoms. The van der Waals surface area contributed by atoms with Crippen LogP contribution in [0.2, 0.25) is 0 Å². The normalized spacial score (nSPS) is 25.3. The molecule has 1 aliphatic heterocycles. The fourth-order valence-electron chi connectivity index (χ4n) is 3.15.